The standard InChI is InChI=1S/C29H40N6O4S/c1-18-25(30)29(17-39-18)6-9-34(10-7-29)28-32-12-23(27(36)33(28)2)40-22-5-8-31-26-24(22)38-16-21-11-20(13-35(21)26)15-37-14-19-3-4-19/h5,8,12,18-21,25H,3-4,6-7,9-11,13-17,30H2,1-2H3/t18-,20?,21-,25+/m0/s1. The van der Waals surface area contributed by atoms with Crippen LogP contribution in [0.1, 0.15) is 39.0 Å². The summed E-state index contributed by atoms with van der Waals surface area (Å²) in [5, 5.41) is 0. The molecule has 40 heavy (non-hydrogen) atoms. The van der Waals surface area contributed by atoms with Crippen molar-refractivity contribution in [3.63, 3.8) is 0 Å². The van der Waals surface area contributed by atoms with Gasteiger partial charge >= 0.3 is 0 Å². The third-order valence-electron chi connectivity index (χ3n) is 9.67. The number of rotatable bonds is 7. The van der Waals surface area contributed by atoms with Crippen LogP contribution in [-0.4, -0.2) is 78.8 Å². The number of ether oxygens (including phenoxy) is 3. The van der Waals surface area contributed by atoms with E-state index in [0.29, 0.717) is 29.4 Å². The van der Waals surface area contributed by atoms with Gasteiger partial charge in [0.15, 0.2) is 11.6 Å². The molecule has 216 valence electrons. The average molecular weight is 569 g/mol. The molecule has 2 aromatic heterocycles. The van der Waals surface area contributed by atoms with E-state index in [1.807, 2.05) is 19.3 Å². The average Bonchev–Trinajstić information content (AvgIpc) is 3.63. The fourth-order valence-electron chi connectivity index (χ4n) is 6.88. The van der Waals surface area contributed by atoms with Gasteiger partial charge in [-0.2, -0.15) is 0 Å². The molecule has 0 amide bonds. The predicted octanol–water partition coefficient (Wildman–Crippen LogP) is 2.67. The highest BCUT2D eigenvalue weighted by Gasteiger charge is 2.48. The summed E-state index contributed by atoms with van der Waals surface area (Å²) < 4.78 is 19.8. The molecule has 1 unspecified atom stereocenters. The molecule has 4 aliphatic heterocycles. The minimum absolute atomic E-state index is 0.0308. The Morgan fingerprint density at radius 3 is 2.73 bits per heavy atom. The first-order valence-electron chi connectivity index (χ1n) is 14.7. The lowest BCUT2D eigenvalue weighted by atomic mass is 9.73. The van der Waals surface area contributed by atoms with E-state index < -0.39 is 0 Å². The molecule has 0 aromatic carbocycles. The van der Waals surface area contributed by atoms with Crippen LogP contribution in [-0.2, 0) is 16.5 Å². The van der Waals surface area contributed by atoms with Gasteiger partial charge in [0.1, 0.15) is 6.61 Å². The molecular formula is C29H40N6O4S. The molecule has 6 heterocycles. The molecule has 10 nitrogen and oxygen atoms in total. The lowest BCUT2D eigenvalue weighted by Crippen LogP contribution is -2.51. The third kappa shape index (κ3) is 4.78. The quantitative estimate of drug-likeness (QED) is 0.536. The Hall–Kier alpha value is -2.34. The zero-order valence-corrected chi connectivity index (χ0v) is 24.3. The normalized spacial score (nSPS) is 29.0. The first-order valence-corrected chi connectivity index (χ1v) is 15.6. The second-order valence-corrected chi connectivity index (χ2v) is 13.5. The van der Waals surface area contributed by atoms with Crippen molar-refractivity contribution in [1.82, 2.24) is 14.5 Å². The van der Waals surface area contributed by atoms with E-state index >= 15 is 0 Å². The number of fused-ring (bicyclic) bond motifs is 3. The Balaban J connectivity index is 1.04. The molecule has 3 saturated heterocycles. The number of aromatic nitrogens is 3. The maximum atomic E-state index is 13.5. The Bertz CT molecular complexity index is 1310. The van der Waals surface area contributed by atoms with Crippen LogP contribution >= 0.6 is 11.8 Å². The maximum Gasteiger partial charge on any atom is 0.268 e. The second kappa shape index (κ2) is 10.5. The van der Waals surface area contributed by atoms with Crippen molar-refractivity contribution >= 4 is 23.5 Å². The Kier molecular flexibility index (Phi) is 6.96. The number of hydrogen-bond donors (Lipinski definition) is 1. The van der Waals surface area contributed by atoms with Crippen LogP contribution < -0.4 is 25.8 Å². The van der Waals surface area contributed by atoms with Crippen LogP contribution in [0.5, 0.6) is 5.75 Å². The van der Waals surface area contributed by atoms with Crippen molar-refractivity contribution in [2.24, 2.45) is 30.0 Å². The number of nitrogens with two attached hydrogens (primary N) is 1. The zero-order valence-electron chi connectivity index (χ0n) is 23.5. The fraction of sp³-hybridized carbons (Fsp3) is 0.690. The number of nitrogens with zero attached hydrogens (tertiary/aromatic N) is 5. The number of anilines is 2. The molecule has 4 atom stereocenters. The van der Waals surface area contributed by atoms with E-state index in [2.05, 4.69) is 16.7 Å². The van der Waals surface area contributed by atoms with Gasteiger partial charge in [-0.05, 0) is 51.0 Å². The topological polar surface area (TPSA) is 108 Å². The third-order valence-corrected chi connectivity index (χ3v) is 10.7. The highest BCUT2D eigenvalue weighted by Crippen LogP contribution is 2.45. The molecule has 4 fully saturated rings. The van der Waals surface area contributed by atoms with Gasteiger partial charge in [-0.25, -0.2) is 9.97 Å². The monoisotopic (exact) mass is 568 g/mol. The van der Waals surface area contributed by atoms with Crippen molar-refractivity contribution in [3.05, 3.63) is 28.8 Å². The lowest BCUT2D eigenvalue weighted by molar-refractivity contribution is 0.0956. The van der Waals surface area contributed by atoms with E-state index in [1.54, 1.807) is 10.8 Å². The van der Waals surface area contributed by atoms with Crippen LogP contribution in [0.25, 0.3) is 0 Å². The molecular weight excluding hydrogens is 528 g/mol. The Labute approximate surface area is 239 Å². The highest BCUT2D eigenvalue weighted by atomic mass is 32.2. The van der Waals surface area contributed by atoms with Gasteiger partial charge in [0.2, 0.25) is 5.95 Å². The Morgan fingerprint density at radius 1 is 1.18 bits per heavy atom. The van der Waals surface area contributed by atoms with Crippen LogP contribution in [0.4, 0.5) is 11.8 Å². The molecule has 11 heteroatoms. The summed E-state index contributed by atoms with van der Waals surface area (Å²) in [5.41, 5.74) is 6.47. The van der Waals surface area contributed by atoms with Crippen LogP contribution in [0, 0.1) is 17.3 Å². The lowest BCUT2D eigenvalue weighted by Gasteiger charge is -2.41. The first-order chi connectivity index (χ1) is 19.4. The molecule has 0 bridgehead atoms. The summed E-state index contributed by atoms with van der Waals surface area (Å²) >= 11 is 1.41. The van der Waals surface area contributed by atoms with Crippen LogP contribution in [0.15, 0.2) is 33.0 Å². The summed E-state index contributed by atoms with van der Waals surface area (Å²) in [5.74, 6) is 3.61. The number of hydrogen-bond acceptors (Lipinski definition) is 10. The second-order valence-electron chi connectivity index (χ2n) is 12.4. The van der Waals surface area contributed by atoms with Gasteiger partial charge in [-0.1, -0.05) is 11.8 Å². The van der Waals surface area contributed by atoms with Gasteiger partial charge < -0.3 is 29.7 Å². The number of piperidine rings is 1. The predicted molar refractivity (Wildman–Crippen MR) is 153 cm³/mol. The molecule has 0 radical (unpaired) electrons. The van der Waals surface area contributed by atoms with E-state index in [1.165, 1.54) is 24.6 Å². The largest absolute Gasteiger partial charge is 0.486 e. The number of pyridine rings is 1. The summed E-state index contributed by atoms with van der Waals surface area (Å²) in [6.07, 6.45) is 9.19. The van der Waals surface area contributed by atoms with Crippen molar-refractivity contribution < 1.29 is 14.2 Å². The summed E-state index contributed by atoms with van der Waals surface area (Å²) in [6.45, 7) is 7.66. The molecule has 1 spiro atoms. The SMILES string of the molecule is C[C@@H]1OCC2(CCN(c3ncc(Sc4ccnc5c4OC[C@@H]4CC(COCC6CC6)CN54)c(=O)n3C)CC2)[C@@H]1N. The molecule has 2 aromatic rings. The summed E-state index contributed by atoms with van der Waals surface area (Å²) in [7, 11) is 1.81. The van der Waals surface area contributed by atoms with Crippen molar-refractivity contribution in [2.75, 3.05) is 55.9 Å². The summed E-state index contributed by atoms with van der Waals surface area (Å²) in [6, 6.07) is 2.31. The Morgan fingerprint density at radius 2 is 1.98 bits per heavy atom. The summed E-state index contributed by atoms with van der Waals surface area (Å²) in [4.78, 5) is 29.0. The maximum absolute atomic E-state index is 13.5. The molecule has 5 aliphatic rings. The van der Waals surface area contributed by atoms with Gasteiger partial charge in [0, 0.05) is 56.9 Å². The van der Waals surface area contributed by atoms with E-state index in [-0.39, 0.29) is 23.1 Å². The smallest absolute Gasteiger partial charge is 0.268 e. The van der Waals surface area contributed by atoms with E-state index in [9.17, 15) is 4.79 Å². The minimum atomic E-state index is -0.0573. The van der Waals surface area contributed by atoms with Crippen molar-refractivity contribution in [2.45, 2.75) is 67.0 Å². The van der Waals surface area contributed by atoms with E-state index in [0.717, 1.165) is 81.1 Å². The van der Waals surface area contributed by atoms with Gasteiger partial charge in [0.05, 0.1) is 41.3 Å². The molecule has 1 saturated carbocycles. The van der Waals surface area contributed by atoms with Crippen molar-refractivity contribution in [3.8, 4) is 5.75 Å². The van der Waals surface area contributed by atoms with Gasteiger partial charge in [0.25, 0.3) is 5.56 Å². The molecule has 2 N–H and O–H groups in total. The highest BCUT2D eigenvalue weighted by molar-refractivity contribution is 7.99. The fourth-order valence-corrected chi connectivity index (χ4v) is 7.82. The zero-order chi connectivity index (χ0) is 27.4. The van der Waals surface area contributed by atoms with Crippen molar-refractivity contribution in [1.29, 1.82) is 0 Å². The first kappa shape index (κ1) is 26.6. The molecule has 1 aliphatic carbocycles. The van der Waals surface area contributed by atoms with Crippen LogP contribution in [0.3, 0.4) is 0 Å². The van der Waals surface area contributed by atoms with Crippen LogP contribution in [0.2, 0.25) is 0 Å². The molecule has 7 rings (SSSR count). The van der Waals surface area contributed by atoms with Gasteiger partial charge in [-0.3, -0.25) is 9.36 Å². The van der Waals surface area contributed by atoms with E-state index in [4.69, 9.17) is 29.9 Å². The minimum Gasteiger partial charge on any atom is -0.486 e. The van der Waals surface area contributed by atoms with Gasteiger partial charge in [-0.15, -0.1) is 0 Å².